The summed E-state index contributed by atoms with van der Waals surface area (Å²) in [5.41, 5.74) is 1.24. The summed E-state index contributed by atoms with van der Waals surface area (Å²) in [6, 6.07) is 7.73. The minimum Gasteiger partial charge on any atom is -0.484 e. The van der Waals surface area contributed by atoms with Gasteiger partial charge in [-0.05, 0) is 24.1 Å². The van der Waals surface area contributed by atoms with Crippen molar-refractivity contribution >= 4 is 18.3 Å². The summed E-state index contributed by atoms with van der Waals surface area (Å²) in [7, 11) is 0. The normalized spacial score (nSPS) is 20.7. The third kappa shape index (κ3) is 5.53. The Kier molecular flexibility index (Phi) is 7.50. The number of hydrogen-bond acceptors (Lipinski definition) is 4. The van der Waals surface area contributed by atoms with E-state index in [1.54, 1.807) is 0 Å². The Balaban J connectivity index is 0.00000220. The number of hydrogen-bond donors (Lipinski definition) is 3. The van der Waals surface area contributed by atoms with Crippen molar-refractivity contribution in [1.29, 1.82) is 0 Å². The fourth-order valence-electron chi connectivity index (χ4n) is 2.19. The minimum atomic E-state index is -0.377. The molecule has 0 aromatic heterocycles. The molecule has 1 aliphatic heterocycles. The van der Waals surface area contributed by atoms with Gasteiger partial charge in [-0.3, -0.25) is 4.79 Å². The Morgan fingerprint density at radius 2 is 2.10 bits per heavy atom. The van der Waals surface area contributed by atoms with Gasteiger partial charge in [0.1, 0.15) is 5.75 Å². The number of aliphatic hydroxyl groups excluding tert-OH is 1. The summed E-state index contributed by atoms with van der Waals surface area (Å²) in [5, 5.41) is 15.5. The van der Waals surface area contributed by atoms with Crippen LogP contribution in [0.2, 0.25) is 0 Å². The van der Waals surface area contributed by atoms with Gasteiger partial charge in [-0.1, -0.05) is 19.1 Å². The lowest BCUT2D eigenvalue weighted by molar-refractivity contribution is -0.123. The van der Waals surface area contributed by atoms with Gasteiger partial charge in [-0.15, -0.1) is 12.4 Å². The van der Waals surface area contributed by atoms with E-state index in [4.69, 9.17) is 4.74 Å². The lowest BCUT2D eigenvalue weighted by atomic mass is 10.1. The maximum Gasteiger partial charge on any atom is 0.257 e. The summed E-state index contributed by atoms with van der Waals surface area (Å²) in [5.74, 6) is 0.617. The van der Waals surface area contributed by atoms with Crippen LogP contribution in [0.3, 0.4) is 0 Å². The van der Waals surface area contributed by atoms with Crippen LogP contribution in [-0.4, -0.2) is 43.4 Å². The number of nitrogens with one attached hydrogen (secondary N) is 2. The average molecular weight is 315 g/mol. The standard InChI is InChI=1S/C15H22N2O3.ClH/c1-2-11-3-5-13(6-4-11)20-10-15(19)17-8-12-7-16-9-14(12)18;/h3-6,12,14,16,18H,2,7-10H2,1H3,(H,17,19);1H. The van der Waals surface area contributed by atoms with E-state index in [1.807, 2.05) is 24.3 Å². The van der Waals surface area contributed by atoms with Gasteiger partial charge in [0.25, 0.3) is 5.91 Å². The van der Waals surface area contributed by atoms with Crippen molar-refractivity contribution < 1.29 is 14.6 Å². The van der Waals surface area contributed by atoms with E-state index < -0.39 is 0 Å². The lowest BCUT2D eigenvalue weighted by Crippen LogP contribution is -2.36. The van der Waals surface area contributed by atoms with Crippen LogP contribution in [-0.2, 0) is 11.2 Å². The monoisotopic (exact) mass is 314 g/mol. The van der Waals surface area contributed by atoms with Crippen molar-refractivity contribution in [2.24, 2.45) is 5.92 Å². The fourth-order valence-corrected chi connectivity index (χ4v) is 2.19. The van der Waals surface area contributed by atoms with Crippen molar-refractivity contribution in [1.82, 2.24) is 10.6 Å². The van der Waals surface area contributed by atoms with Gasteiger partial charge in [0.2, 0.25) is 0 Å². The van der Waals surface area contributed by atoms with E-state index >= 15 is 0 Å². The number of amides is 1. The quantitative estimate of drug-likeness (QED) is 0.724. The molecule has 0 bridgehead atoms. The summed E-state index contributed by atoms with van der Waals surface area (Å²) >= 11 is 0. The van der Waals surface area contributed by atoms with Gasteiger partial charge in [0, 0.05) is 25.6 Å². The zero-order valence-corrected chi connectivity index (χ0v) is 13.0. The summed E-state index contributed by atoms with van der Waals surface area (Å²) in [4.78, 5) is 11.7. The van der Waals surface area contributed by atoms with Crippen LogP contribution in [0, 0.1) is 5.92 Å². The average Bonchev–Trinajstić information content (AvgIpc) is 2.89. The molecule has 1 aromatic carbocycles. The second kappa shape index (κ2) is 8.87. The zero-order chi connectivity index (χ0) is 14.4. The Hall–Kier alpha value is -1.30. The summed E-state index contributed by atoms with van der Waals surface area (Å²) < 4.78 is 5.42. The molecule has 21 heavy (non-hydrogen) atoms. The summed E-state index contributed by atoms with van der Waals surface area (Å²) in [6.45, 7) is 3.91. The number of carbonyl (C=O) groups is 1. The highest BCUT2D eigenvalue weighted by atomic mass is 35.5. The van der Waals surface area contributed by atoms with Crippen molar-refractivity contribution in [3.63, 3.8) is 0 Å². The van der Waals surface area contributed by atoms with E-state index in [0.29, 0.717) is 18.8 Å². The smallest absolute Gasteiger partial charge is 0.257 e. The third-order valence-electron chi connectivity index (χ3n) is 3.57. The predicted molar refractivity (Wildman–Crippen MR) is 83.9 cm³/mol. The number of β-amino-alcohol motifs (C(OH)–C–C–N with tert-alkyl or cyclic N) is 1. The molecule has 0 spiro atoms. The molecule has 2 unspecified atom stereocenters. The van der Waals surface area contributed by atoms with E-state index in [1.165, 1.54) is 5.56 Å². The highest BCUT2D eigenvalue weighted by Gasteiger charge is 2.24. The number of aliphatic hydroxyl groups is 1. The molecule has 1 aromatic rings. The van der Waals surface area contributed by atoms with Crippen LogP contribution in [0.25, 0.3) is 0 Å². The molecule has 2 rings (SSSR count). The minimum absolute atomic E-state index is 0. The van der Waals surface area contributed by atoms with Gasteiger partial charge in [-0.25, -0.2) is 0 Å². The second-order valence-electron chi connectivity index (χ2n) is 5.08. The highest BCUT2D eigenvalue weighted by Crippen LogP contribution is 2.12. The topological polar surface area (TPSA) is 70.6 Å². The molecule has 0 aliphatic carbocycles. The Morgan fingerprint density at radius 1 is 1.38 bits per heavy atom. The van der Waals surface area contributed by atoms with Crippen LogP contribution in [0.5, 0.6) is 5.75 Å². The first-order chi connectivity index (χ1) is 9.69. The van der Waals surface area contributed by atoms with Crippen molar-refractivity contribution in [2.45, 2.75) is 19.4 Å². The number of ether oxygens (including phenoxy) is 1. The van der Waals surface area contributed by atoms with Crippen molar-refractivity contribution in [3.05, 3.63) is 29.8 Å². The molecule has 1 heterocycles. The molecule has 2 atom stereocenters. The van der Waals surface area contributed by atoms with Gasteiger partial charge in [-0.2, -0.15) is 0 Å². The Labute approximate surface area is 131 Å². The Morgan fingerprint density at radius 3 is 2.67 bits per heavy atom. The third-order valence-corrected chi connectivity index (χ3v) is 3.57. The number of benzene rings is 1. The highest BCUT2D eigenvalue weighted by molar-refractivity contribution is 5.85. The van der Waals surface area contributed by atoms with Crippen molar-refractivity contribution in [3.8, 4) is 5.75 Å². The number of halogens is 1. The first kappa shape index (κ1) is 17.8. The largest absolute Gasteiger partial charge is 0.484 e. The molecule has 1 saturated heterocycles. The molecule has 0 saturated carbocycles. The molecular weight excluding hydrogens is 292 g/mol. The van der Waals surface area contributed by atoms with Gasteiger partial charge in [0.15, 0.2) is 6.61 Å². The summed E-state index contributed by atoms with van der Waals surface area (Å²) in [6.07, 6.45) is 0.608. The maximum absolute atomic E-state index is 11.7. The molecule has 0 radical (unpaired) electrons. The van der Waals surface area contributed by atoms with Gasteiger partial charge < -0.3 is 20.5 Å². The van der Waals surface area contributed by atoms with Gasteiger partial charge in [0.05, 0.1) is 6.10 Å². The second-order valence-corrected chi connectivity index (χ2v) is 5.08. The first-order valence-electron chi connectivity index (χ1n) is 7.06. The van der Waals surface area contributed by atoms with E-state index in [0.717, 1.165) is 13.0 Å². The maximum atomic E-state index is 11.7. The molecule has 118 valence electrons. The Bertz CT molecular complexity index is 439. The number of aryl methyl sites for hydroxylation is 1. The molecule has 1 amide bonds. The molecule has 1 aliphatic rings. The van der Waals surface area contributed by atoms with Crippen molar-refractivity contribution in [2.75, 3.05) is 26.2 Å². The number of carbonyl (C=O) groups excluding carboxylic acids is 1. The molecule has 3 N–H and O–H groups in total. The predicted octanol–water partition coefficient (Wildman–Crippen LogP) is 0.746. The molecule has 1 fully saturated rings. The number of rotatable bonds is 6. The molecule has 6 heteroatoms. The molecular formula is C15H23ClN2O3. The zero-order valence-electron chi connectivity index (χ0n) is 12.2. The SMILES string of the molecule is CCc1ccc(OCC(=O)NCC2CNCC2O)cc1.Cl. The van der Waals surface area contributed by atoms with Crippen LogP contribution < -0.4 is 15.4 Å². The van der Waals surface area contributed by atoms with E-state index in [2.05, 4.69) is 17.6 Å². The lowest BCUT2D eigenvalue weighted by Gasteiger charge is -2.14. The van der Waals surface area contributed by atoms with Crippen LogP contribution >= 0.6 is 12.4 Å². The molecule has 5 nitrogen and oxygen atoms in total. The fraction of sp³-hybridized carbons (Fsp3) is 0.533. The van der Waals surface area contributed by atoms with Crippen LogP contribution in [0.1, 0.15) is 12.5 Å². The van der Waals surface area contributed by atoms with E-state index in [-0.39, 0.29) is 36.9 Å². The van der Waals surface area contributed by atoms with Gasteiger partial charge >= 0.3 is 0 Å². The van der Waals surface area contributed by atoms with Crippen LogP contribution in [0.15, 0.2) is 24.3 Å². The van der Waals surface area contributed by atoms with Crippen LogP contribution in [0.4, 0.5) is 0 Å². The van der Waals surface area contributed by atoms with E-state index in [9.17, 15) is 9.90 Å². The first-order valence-corrected chi connectivity index (χ1v) is 7.06.